The van der Waals surface area contributed by atoms with E-state index >= 15 is 0 Å². The summed E-state index contributed by atoms with van der Waals surface area (Å²) in [6, 6.07) is 0.287. The molecule has 1 atom stereocenters. The molecule has 0 spiro atoms. The van der Waals surface area contributed by atoms with Crippen LogP contribution in [0.25, 0.3) is 0 Å². The van der Waals surface area contributed by atoms with E-state index in [4.69, 9.17) is 5.11 Å². The number of hydrogen-bond acceptors (Lipinski definition) is 3. The average Bonchev–Trinajstić information content (AvgIpc) is 2.44. The molecule has 6 heteroatoms. The molecule has 0 aliphatic carbocycles. The van der Waals surface area contributed by atoms with Crippen LogP contribution in [0.4, 0.5) is 4.79 Å². The molecule has 3 aliphatic heterocycles. The third kappa shape index (κ3) is 4.33. The molecular weight excluding hydrogens is 270 g/mol. The molecule has 3 aliphatic rings. The Kier molecular flexibility index (Phi) is 5.45. The molecule has 21 heavy (non-hydrogen) atoms. The Bertz CT molecular complexity index is 378. The zero-order chi connectivity index (χ0) is 15.4. The van der Waals surface area contributed by atoms with E-state index in [2.05, 4.69) is 10.2 Å². The van der Waals surface area contributed by atoms with Gasteiger partial charge in [0.25, 0.3) is 0 Å². The second kappa shape index (κ2) is 7.11. The molecular formula is C15H27N3O3. The van der Waals surface area contributed by atoms with E-state index in [9.17, 15) is 9.59 Å². The molecule has 3 saturated heterocycles. The van der Waals surface area contributed by atoms with Crippen molar-refractivity contribution < 1.29 is 14.7 Å². The number of nitrogens with zero attached hydrogens (tertiary/aromatic N) is 2. The highest BCUT2D eigenvalue weighted by Gasteiger charge is 2.35. The third-order valence-corrected chi connectivity index (χ3v) is 4.64. The Labute approximate surface area is 126 Å². The van der Waals surface area contributed by atoms with Gasteiger partial charge in [-0.05, 0) is 52.1 Å². The van der Waals surface area contributed by atoms with Gasteiger partial charge in [-0.15, -0.1) is 0 Å². The normalized spacial score (nSPS) is 27.7. The van der Waals surface area contributed by atoms with Crippen LogP contribution in [0.5, 0.6) is 0 Å². The van der Waals surface area contributed by atoms with E-state index in [1.807, 2.05) is 13.8 Å². The van der Waals surface area contributed by atoms with Crippen molar-refractivity contribution in [3.63, 3.8) is 0 Å². The quantitative estimate of drug-likeness (QED) is 0.776. The fourth-order valence-corrected chi connectivity index (χ4v) is 3.37. The molecule has 0 saturated carbocycles. The summed E-state index contributed by atoms with van der Waals surface area (Å²) in [4.78, 5) is 27.2. The summed E-state index contributed by atoms with van der Waals surface area (Å²) in [5.74, 6) is -0.205. The van der Waals surface area contributed by atoms with Gasteiger partial charge < -0.3 is 20.2 Å². The van der Waals surface area contributed by atoms with Crippen molar-refractivity contribution >= 4 is 12.0 Å². The van der Waals surface area contributed by atoms with Crippen LogP contribution in [0.3, 0.4) is 0 Å². The number of piperidine rings is 3. The van der Waals surface area contributed by atoms with E-state index in [0.717, 1.165) is 19.6 Å². The summed E-state index contributed by atoms with van der Waals surface area (Å²) in [7, 11) is 0. The van der Waals surface area contributed by atoms with Gasteiger partial charge in [0.15, 0.2) is 0 Å². The van der Waals surface area contributed by atoms with E-state index in [-0.39, 0.29) is 24.5 Å². The Morgan fingerprint density at radius 2 is 2.00 bits per heavy atom. The highest BCUT2D eigenvalue weighted by molar-refractivity contribution is 5.75. The SMILES string of the molecule is CC(C)N(CCCC(=O)O)C(=O)NC1CN2CCC1CC2. The van der Waals surface area contributed by atoms with Crippen LogP contribution >= 0.6 is 0 Å². The summed E-state index contributed by atoms with van der Waals surface area (Å²) in [6.45, 7) is 7.70. The molecule has 0 aromatic carbocycles. The molecule has 6 nitrogen and oxygen atoms in total. The second-order valence-corrected chi connectivity index (χ2v) is 6.48. The molecule has 2 amide bonds. The Morgan fingerprint density at radius 1 is 1.33 bits per heavy atom. The van der Waals surface area contributed by atoms with Crippen LogP contribution in [0.15, 0.2) is 0 Å². The first-order valence-corrected chi connectivity index (χ1v) is 7.98. The molecule has 0 aromatic rings. The topological polar surface area (TPSA) is 72.9 Å². The molecule has 2 N–H and O–H groups in total. The minimum atomic E-state index is -0.809. The molecule has 120 valence electrons. The minimum absolute atomic E-state index is 0.0471. The van der Waals surface area contributed by atoms with Gasteiger partial charge in [0.1, 0.15) is 0 Å². The summed E-state index contributed by atoms with van der Waals surface area (Å²) in [5, 5.41) is 11.9. The summed E-state index contributed by atoms with van der Waals surface area (Å²) in [6.07, 6.45) is 2.95. The lowest BCUT2D eigenvalue weighted by Crippen LogP contribution is -2.59. The number of carboxylic acids is 1. The first-order chi connectivity index (χ1) is 9.97. The fraction of sp³-hybridized carbons (Fsp3) is 0.867. The number of fused-ring (bicyclic) bond motifs is 3. The Hall–Kier alpha value is -1.30. The van der Waals surface area contributed by atoms with Crippen LogP contribution in [0.1, 0.15) is 39.5 Å². The molecule has 0 aromatic heterocycles. The van der Waals surface area contributed by atoms with Crippen molar-refractivity contribution in [2.24, 2.45) is 5.92 Å². The highest BCUT2D eigenvalue weighted by Crippen LogP contribution is 2.27. The van der Waals surface area contributed by atoms with Crippen molar-refractivity contribution in [3.8, 4) is 0 Å². The molecule has 3 heterocycles. The van der Waals surface area contributed by atoms with Crippen LogP contribution in [-0.2, 0) is 4.79 Å². The monoisotopic (exact) mass is 297 g/mol. The summed E-state index contributed by atoms with van der Waals surface area (Å²) >= 11 is 0. The zero-order valence-corrected chi connectivity index (χ0v) is 13.0. The number of amides is 2. The number of carboxylic acid groups (broad SMARTS) is 1. The number of carbonyl (C=O) groups excluding carboxylic acids is 1. The van der Waals surface area contributed by atoms with Crippen molar-refractivity contribution in [3.05, 3.63) is 0 Å². The first-order valence-electron chi connectivity index (χ1n) is 7.98. The first kappa shape index (κ1) is 16.1. The molecule has 0 radical (unpaired) electrons. The number of nitrogens with one attached hydrogen (secondary N) is 1. The minimum Gasteiger partial charge on any atom is -0.481 e. The fourth-order valence-electron chi connectivity index (χ4n) is 3.37. The zero-order valence-electron chi connectivity index (χ0n) is 13.0. The van der Waals surface area contributed by atoms with Crippen LogP contribution in [0, 0.1) is 5.92 Å². The predicted octanol–water partition coefficient (Wildman–Crippen LogP) is 1.37. The smallest absolute Gasteiger partial charge is 0.317 e. The van der Waals surface area contributed by atoms with Crippen molar-refractivity contribution in [1.82, 2.24) is 15.1 Å². The van der Waals surface area contributed by atoms with Gasteiger partial charge in [0.2, 0.25) is 0 Å². The molecule has 2 bridgehead atoms. The van der Waals surface area contributed by atoms with Gasteiger partial charge >= 0.3 is 12.0 Å². The summed E-state index contributed by atoms with van der Waals surface area (Å²) < 4.78 is 0. The summed E-state index contributed by atoms with van der Waals surface area (Å²) in [5.41, 5.74) is 0. The third-order valence-electron chi connectivity index (χ3n) is 4.64. The number of hydrogen-bond donors (Lipinski definition) is 2. The maximum Gasteiger partial charge on any atom is 0.317 e. The molecule has 3 fully saturated rings. The van der Waals surface area contributed by atoms with Gasteiger partial charge in [-0.3, -0.25) is 4.79 Å². The maximum absolute atomic E-state index is 12.5. The second-order valence-electron chi connectivity index (χ2n) is 6.48. The standard InChI is InChI=1S/C15H27N3O3/c1-11(2)18(7-3-4-14(19)20)15(21)16-13-10-17-8-5-12(13)6-9-17/h11-13H,3-10H2,1-2H3,(H,16,21)(H,19,20). The van der Waals surface area contributed by atoms with Crippen molar-refractivity contribution in [1.29, 1.82) is 0 Å². The van der Waals surface area contributed by atoms with Gasteiger partial charge in [-0.25, -0.2) is 4.79 Å². The lowest BCUT2D eigenvalue weighted by atomic mass is 9.84. The van der Waals surface area contributed by atoms with Gasteiger partial charge in [-0.1, -0.05) is 0 Å². The Balaban J connectivity index is 1.85. The van der Waals surface area contributed by atoms with Gasteiger partial charge in [0, 0.05) is 31.6 Å². The van der Waals surface area contributed by atoms with Gasteiger partial charge in [0.05, 0.1) is 0 Å². The molecule has 3 rings (SSSR count). The lowest BCUT2D eigenvalue weighted by Gasteiger charge is -2.45. The largest absolute Gasteiger partial charge is 0.481 e. The van der Waals surface area contributed by atoms with E-state index in [1.54, 1.807) is 4.90 Å². The predicted molar refractivity (Wildman–Crippen MR) is 80.2 cm³/mol. The maximum atomic E-state index is 12.5. The number of carbonyl (C=O) groups is 2. The number of rotatable bonds is 6. The van der Waals surface area contributed by atoms with Crippen LogP contribution in [0.2, 0.25) is 0 Å². The number of aliphatic carboxylic acids is 1. The lowest BCUT2D eigenvalue weighted by molar-refractivity contribution is -0.137. The van der Waals surface area contributed by atoms with Crippen molar-refractivity contribution in [2.45, 2.75) is 51.6 Å². The van der Waals surface area contributed by atoms with Crippen LogP contribution < -0.4 is 5.32 Å². The average molecular weight is 297 g/mol. The molecule has 1 unspecified atom stereocenters. The number of urea groups is 1. The highest BCUT2D eigenvalue weighted by atomic mass is 16.4. The van der Waals surface area contributed by atoms with Crippen LogP contribution in [-0.4, -0.2) is 65.2 Å². The van der Waals surface area contributed by atoms with E-state index in [1.165, 1.54) is 12.8 Å². The van der Waals surface area contributed by atoms with E-state index in [0.29, 0.717) is 18.9 Å². The Morgan fingerprint density at radius 3 is 2.48 bits per heavy atom. The van der Waals surface area contributed by atoms with Gasteiger partial charge in [-0.2, -0.15) is 0 Å². The van der Waals surface area contributed by atoms with E-state index < -0.39 is 5.97 Å². The van der Waals surface area contributed by atoms with Crippen molar-refractivity contribution in [2.75, 3.05) is 26.2 Å².